The number of hydrogen-bond donors (Lipinski definition) is 1. The Kier molecular flexibility index (Phi) is 2.36. The molecule has 1 aromatic heterocycles. The molecule has 3 nitrogen and oxygen atoms in total. The van der Waals surface area contributed by atoms with Crippen molar-refractivity contribution >= 4 is 42.8 Å². The van der Waals surface area contributed by atoms with Crippen LogP contribution in [0.5, 0.6) is 5.75 Å². The second-order valence-corrected chi connectivity index (χ2v) is 4.25. The predicted octanol–water partition coefficient (Wildman–Crippen LogP) is 3.02. The molecule has 5 heteroatoms. The van der Waals surface area contributed by atoms with Gasteiger partial charge in [0.25, 0.3) is 0 Å². The highest BCUT2D eigenvalue weighted by molar-refractivity contribution is 9.13. The van der Waals surface area contributed by atoms with Gasteiger partial charge in [-0.05, 0) is 44.0 Å². The smallest absolute Gasteiger partial charge is 0.351 e. The number of aromatic hydroxyl groups is 1. The van der Waals surface area contributed by atoms with E-state index in [0.29, 0.717) is 15.4 Å². The number of phenols is 1. The minimum atomic E-state index is -0.477. The van der Waals surface area contributed by atoms with Crippen LogP contribution in [0, 0.1) is 0 Å². The van der Waals surface area contributed by atoms with Gasteiger partial charge in [-0.3, -0.25) is 0 Å². The van der Waals surface area contributed by atoms with Gasteiger partial charge in [0.05, 0.1) is 9.86 Å². The second-order valence-electron chi connectivity index (χ2n) is 2.67. The fourth-order valence-corrected chi connectivity index (χ4v) is 2.01. The maximum atomic E-state index is 11.2. The van der Waals surface area contributed by atoms with E-state index in [9.17, 15) is 9.90 Å². The molecule has 72 valence electrons. The van der Waals surface area contributed by atoms with Crippen LogP contribution in [0.25, 0.3) is 11.0 Å². The van der Waals surface area contributed by atoms with E-state index < -0.39 is 5.63 Å². The van der Waals surface area contributed by atoms with Crippen molar-refractivity contribution in [1.82, 2.24) is 0 Å². The van der Waals surface area contributed by atoms with E-state index >= 15 is 0 Å². The highest BCUT2D eigenvalue weighted by atomic mass is 79.9. The molecule has 0 saturated carbocycles. The first-order chi connectivity index (χ1) is 6.61. The lowest BCUT2D eigenvalue weighted by molar-refractivity contribution is 0.478. The molecule has 0 fully saturated rings. The summed E-state index contributed by atoms with van der Waals surface area (Å²) in [5.41, 5.74) is -0.125. The van der Waals surface area contributed by atoms with Crippen LogP contribution in [0.2, 0.25) is 0 Å². The van der Waals surface area contributed by atoms with Crippen LogP contribution < -0.4 is 5.63 Å². The zero-order valence-electron chi connectivity index (χ0n) is 6.75. The Morgan fingerprint density at radius 2 is 1.93 bits per heavy atom. The molecular formula is C9H4Br2O3. The maximum Gasteiger partial charge on any atom is 0.351 e. The Hall–Kier alpha value is -0.810. The Morgan fingerprint density at radius 1 is 1.21 bits per heavy atom. The predicted molar refractivity (Wildman–Crippen MR) is 59.5 cm³/mol. The van der Waals surface area contributed by atoms with Crippen LogP contribution in [-0.4, -0.2) is 5.11 Å². The largest absolute Gasteiger partial charge is 0.507 e. The van der Waals surface area contributed by atoms with Crippen molar-refractivity contribution in [3.05, 3.63) is 37.6 Å². The van der Waals surface area contributed by atoms with Crippen molar-refractivity contribution in [1.29, 1.82) is 0 Å². The number of halogens is 2. The summed E-state index contributed by atoms with van der Waals surface area (Å²) >= 11 is 6.29. The Balaban J connectivity index is 3.07. The van der Waals surface area contributed by atoms with Crippen LogP contribution in [0.15, 0.2) is 36.4 Å². The van der Waals surface area contributed by atoms with Crippen LogP contribution in [-0.2, 0) is 0 Å². The van der Waals surface area contributed by atoms with Crippen molar-refractivity contribution in [3.63, 3.8) is 0 Å². The summed E-state index contributed by atoms with van der Waals surface area (Å²) in [6.45, 7) is 0. The Bertz CT molecular complexity index is 560. The lowest BCUT2D eigenvalue weighted by atomic mass is 10.2. The van der Waals surface area contributed by atoms with Crippen LogP contribution in [0.4, 0.5) is 0 Å². The number of hydrogen-bond acceptors (Lipinski definition) is 3. The van der Waals surface area contributed by atoms with Crippen LogP contribution in [0.3, 0.4) is 0 Å². The molecule has 0 aliphatic carbocycles. The van der Waals surface area contributed by atoms with Crippen molar-refractivity contribution in [2.45, 2.75) is 0 Å². The van der Waals surface area contributed by atoms with Gasteiger partial charge >= 0.3 is 5.63 Å². The van der Waals surface area contributed by atoms with Gasteiger partial charge in [0.15, 0.2) is 0 Å². The van der Waals surface area contributed by atoms with E-state index in [0.717, 1.165) is 0 Å². The summed E-state index contributed by atoms with van der Waals surface area (Å²) in [7, 11) is 0. The van der Waals surface area contributed by atoms with Gasteiger partial charge in [0, 0.05) is 0 Å². The van der Waals surface area contributed by atoms with Crippen molar-refractivity contribution < 1.29 is 9.52 Å². The van der Waals surface area contributed by atoms with Gasteiger partial charge < -0.3 is 9.52 Å². The Labute approximate surface area is 95.6 Å². The average molecular weight is 320 g/mol. The molecule has 0 atom stereocenters. The van der Waals surface area contributed by atoms with Gasteiger partial charge in [-0.1, -0.05) is 6.07 Å². The molecular weight excluding hydrogens is 316 g/mol. The number of rotatable bonds is 0. The molecule has 14 heavy (non-hydrogen) atoms. The minimum absolute atomic E-state index is 0.0684. The summed E-state index contributed by atoms with van der Waals surface area (Å²) in [6, 6.07) is 4.76. The molecule has 0 radical (unpaired) electrons. The molecule has 2 rings (SSSR count). The van der Waals surface area contributed by atoms with E-state index in [1.54, 1.807) is 12.1 Å². The molecule has 0 aliphatic rings. The fraction of sp³-hybridized carbons (Fsp3) is 0. The maximum absolute atomic E-state index is 11.2. The number of benzene rings is 1. The first kappa shape index (κ1) is 9.73. The van der Waals surface area contributed by atoms with E-state index in [1.807, 2.05) is 0 Å². The molecule has 0 bridgehead atoms. The summed E-state index contributed by atoms with van der Waals surface area (Å²) in [5.74, 6) is 0.0684. The molecule has 1 heterocycles. The third kappa shape index (κ3) is 1.36. The highest BCUT2D eigenvalue weighted by Crippen LogP contribution is 2.34. The highest BCUT2D eigenvalue weighted by Gasteiger charge is 2.12. The van der Waals surface area contributed by atoms with E-state index in [-0.39, 0.29) is 10.2 Å². The number of fused-ring (bicyclic) bond motifs is 1. The lowest BCUT2D eigenvalue weighted by Gasteiger charge is -2.02. The Morgan fingerprint density at radius 3 is 2.64 bits per heavy atom. The first-order valence-corrected chi connectivity index (χ1v) is 5.29. The normalized spacial score (nSPS) is 10.7. The molecule has 0 amide bonds. The quantitative estimate of drug-likeness (QED) is 0.759. The first-order valence-electron chi connectivity index (χ1n) is 3.71. The summed E-state index contributed by atoms with van der Waals surface area (Å²) < 4.78 is 5.73. The van der Waals surface area contributed by atoms with Crippen LogP contribution in [0.1, 0.15) is 0 Å². The minimum Gasteiger partial charge on any atom is -0.507 e. The molecule has 0 unspecified atom stereocenters. The van der Waals surface area contributed by atoms with Gasteiger partial charge in [0.1, 0.15) is 15.8 Å². The van der Waals surface area contributed by atoms with Crippen molar-refractivity contribution in [2.75, 3.05) is 0 Å². The summed E-state index contributed by atoms with van der Waals surface area (Å²) in [4.78, 5) is 11.2. The standard InChI is InChI=1S/C9H4Br2O3/c10-7-6-4(12)2-1-3-5(6)14-9(13)8(7)11/h1-3,12H. The average Bonchev–Trinajstić information content (AvgIpc) is 2.14. The fourth-order valence-electron chi connectivity index (χ4n) is 1.17. The number of phenolic OH excluding ortho intramolecular Hbond substituents is 1. The van der Waals surface area contributed by atoms with Gasteiger partial charge in [-0.2, -0.15) is 0 Å². The third-order valence-corrected chi connectivity index (χ3v) is 3.84. The third-order valence-electron chi connectivity index (χ3n) is 1.80. The summed E-state index contributed by atoms with van der Waals surface area (Å²) in [5, 5.41) is 10.0. The SMILES string of the molecule is O=c1oc2cccc(O)c2c(Br)c1Br. The van der Waals surface area contributed by atoms with E-state index in [2.05, 4.69) is 31.9 Å². The lowest BCUT2D eigenvalue weighted by Crippen LogP contribution is -2.00. The molecule has 0 spiro atoms. The van der Waals surface area contributed by atoms with Crippen LogP contribution >= 0.6 is 31.9 Å². The van der Waals surface area contributed by atoms with E-state index in [1.165, 1.54) is 6.07 Å². The van der Waals surface area contributed by atoms with Gasteiger partial charge in [0.2, 0.25) is 0 Å². The monoisotopic (exact) mass is 318 g/mol. The zero-order chi connectivity index (χ0) is 10.3. The molecule has 1 N–H and O–H groups in total. The van der Waals surface area contributed by atoms with Gasteiger partial charge in [-0.25, -0.2) is 4.79 Å². The summed E-state index contributed by atoms with van der Waals surface area (Å²) in [6.07, 6.45) is 0. The van der Waals surface area contributed by atoms with E-state index in [4.69, 9.17) is 4.42 Å². The second kappa shape index (κ2) is 3.40. The van der Waals surface area contributed by atoms with Crippen molar-refractivity contribution in [3.8, 4) is 5.75 Å². The molecule has 0 saturated heterocycles. The van der Waals surface area contributed by atoms with Gasteiger partial charge in [-0.15, -0.1) is 0 Å². The molecule has 2 aromatic rings. The molecule has 1 aromatic carbocycles. The zero-order valence-corrected chi connectivity index (χ0v) is 9.92. The molecule has 0 aliphatic heterocycles. The van der Waals surface area contributed by atoms with Crippen molar-refractivity contribution in [2.24, 2.45) is 0 Å². The topological polar surface area (TPSA) is 50.4 Å².